The highest BCUT2D eigenvalue weighted by Gasteiger charge is 2.23. The Morgan fingerprint density at radius 2 is 0.825 bits per heavy atom. The van der Waals surface area contributed by atoms with E-state index in [4.69, 9.17) is 19.4 Å². The third kappa shape index (κ3) is 5.74. The Balaban J connectivity index is 1.20. The van der Waals surface area contributed by atoms with Gasteiger partial charge in [-0.25, -0.2) is 15.0 Å². The largest absolute Gasteiger partial charge is 0.455 e. The molecule has 0 spiro atoms. The molecule has 4 heteroatoms. The van der Waals surface area contributed by atoms with Crippen LogP contribution in [0.3, 0.4) is 0 Å². The fourth-order valence-electron chi connectivity index (χ4n) is 8.14. The van der Waals surface area contributed by atoms with Gasteiger partial charge in [0.1, 0.15) is 11.2 Å². The average Bonchev–Trinajstić information content (AvgIpc) is 3.69. The lowest BCUT2D eigenvalue weighted by Gasteiger charge is -2.11. The number of benzene rings is 9. The molecule has 0 atom stereocenters. The van der Waals surface area contributed by atoms with Crippen molar-refractivity contribution >= 4 is 43.5 Å². The van der Waals surface area contributed by atoms with Crippen LogP contribution in [0.25, 0.3) is 111 Å². The van der Waals surface area contributed by atoms with E-state index in [0.29, 0.717) is 17.5 Å². The van der Waals surface area contributed by atoms with Crippen LogP contribution in [0.5, 0.6) is 0 Å². The lowest BCUT2D eigenvalue weighted by atomic mass is 9.92. The maximum atomic E-state index is 7.17. The standard InChI is InChI=1S/C53H33N3O/c1-5-15-34(16-6-1)41-32-46(36-19-9-3-10-20-36)49-47(33-41)48-44(35-17-7-2-8-18-35)29-30-45(50(48)57-49)53-55-51(38-22-11-4-12-23-38)54-52(56-53)40-27-28-43-39(31-40)26-25-37-21-13-14-24-42(37)43/h1-33H. The highest BCUT2D eigenvalue weighted by molar-refractivity contribution is 6.19. The number of nitrogens with zero attached hydrogens (tertiary/aromatic N) is 3. The van der Waals surface area contributed by atoms with Gasteiger partial charge in [-0.3, -0.25) is 0 Å². The SMILES string of the molecule is c1ccc(-c2cc(-c3ccccc3)c3oc4c(-c5nc(-c6ccccc6)nc(-c6ccc7c(ccc8ccccc87)c6)n5)ccc(-c5ccccc5)c4c3c2)cc1. The highest BCUT2D eigenvalue weighted by atomic mass is 16.3. The normalized spacial score (nSPS) is 11.5. The molecule has 9 aromatic carbocycles. The van der Waals surface area contributed by atoms with Gasteiger partial charge in [0.25, 0.3) is 0 Å². The molecule has 0 saturated carbocycles. The van der Waals surface area contributed by atoms with Crippen molar-refractivity contribution in [3.05, 3.63) is 200 Å². The summed E-state index contributed by atoms with van der Waals surface area (Å²) < 4.78 is 7.17. The minimum atomic E-state index is 0.547. The summed E-state index contributed by atoms with van der Waals surface area (Å²) in [6.07, 6.45) is 0. The Bertz CT molecular complexity index is 3270. The van der Waals surface area contributed by atoms with Gasteiger partial charge in [-0.1, -0.05) is 176 Å². The first-order chi connectivity index (χ1) is 28.2. The van der Waals surface area contributed by atoms with Gasteiger partial charge in [0.2, 0.25) is 0 Å². The van der Waals surface area contributed by atoms with Crippen LogP contribution in [0.2, 0.25) is 0 Å². The molecule has 0 unspecified atom stereocenters. The van der Waals surface area contributed by atoms with Gasteiger partial charge in [-0.2, -0.15) is 0 Å². The first-order valence-corrected chi connectivity index (χ1v) is 19.2. The third-order valence-electron chi connectivity index (χ3n) is 10.9. The Labute approximate surface area is 329 Å². The topological polar surface area (TPSA) is 51.8 Å². The molecule has 0 aliphatic heterocycles. The lowest BCUT2D eigenvalue weighted by Crippen LogP contribution is -2.00. The van der Waals surface area contributed by atoms with Gasteiger partial charge in [-0.05, 0) is 73.6 Å². The molecule has 0 aliphatic rings. The number of rotatable bonds is 6. The Morgan fingerprint density at radius 3 is 1.54 bits per heavy atom. The molecule has 4 nitrogen and oxygen atoms in total. The summed E-state index contributed by atoms with van der Waals surface area (Å²) in [5, 5.41) is 6.81. The molecule has 11 aromatic rings. The molecule has 57 heavy (non-hydrogen) atoms. The summed E-state index contributed by atoms with van der Waals surface area (Å²) in [6, 6.07) is 69.8. The van der Waals surface area contributed by atoms with Crippen molar-refractivity contribution in [1.29, 1.82) is 0 Å². The molecule has 0 saturated heterocycles. The van der Waals surface area contributed by atoms with Crippen molar-refractivity contribution in [2.75, 3.05) is 0 Å². The number of aromatic nitrogens is 3. The second-order valence-electron chi connectivity index (χ2n) is 14.4. The van der Waals surface area contributed by atoms with Crippen LogP contribution >= 0.6 is 0 Å². The molecule has 2 aromatic heterocycles. The number of hydrogen-bond acceptors (Lipinski definition) is 4. The van der Waals surface area contributed by atoms with Gasteiger partial charge in [0.05, 0.1) is 5.56 Å². The van der Waals surface area contributed by atoms with Crippen molar-refractivity contribution < 1.29 is 4.42 Å². The lowest BCUT2D eigenvalue weighted by molar-refractivity contribution is 0.670. The van der Waals surface area contributed by atoms with Crippen molar-refractivity contribution in [1.82, 2.24) is 15.0 Å². The zero-order chi connectivity index (χ0) is 37.7. The van der Waals surface area contributed by atoms with Crippen LogP contribution in [0, 0.1) is 0 Å². The fourth-order valence-corrected chi connectivity index (χ4v) is 8.14. The number of furan rings is 1. The van der Waals surface area contributed by atoms with Gasteiger partial charge >= 0.3 is 0 Å². The maximum Gasteiger partial charge on any atom is 0.167 e. The molecule has 2 heterocycles. The quantitative estimate of drug-likeness (QED) is 0.160. The Morgan fingerprint density at radius 1 is 0.281 bits per heavy atom. The minimum absolute atomic E-state index is 0.547. The molecule has 266 valence electrons. The summed E-state index contributed by atoms with van der Waals surface area (Å²) in [7, 11) is 0. The van der Waals surface area contributed by atoms with E-state index >= 15 is 0 Å². The van der Waals surface area contributed by atoms with E-state index in [0.717, 1.165) is 77.4 Å². The summed E-state index contributed by atoms with van der Waals surface area (Å²) in [6.45, 7) is 0. The first-order valence-electron chi connectivity index (χ1n) is 19.2. The molecule has 0 N–H and O–H groups in total. The molecular formula is C53H33N3O. The van der Waals surface area contributed by atoms with Crippen molar-refractivity contribution in [3.8, 4) is 67.5 Å². The minimum Gasteiger partial charge on any atom is -0.455 e. The molecule has 0 amide bonds. The predicted octanol–water partition coefficient (Wildman–Crippen LogP) is 14.1. The zero-order valence-corrected chi connectivity index (χ0v) is 30.8. The first kappa shape index (κ1) is 32.7. The molecule has 0 radical (unpaired) electrons. The molecule has 0 fully saturated rings. The van der Waals surface area contributed by atoms with Crippen LogP contribution in [0.15, 0.2) is 205 Å². The van der Waals surface area contributed by atoms with Crippen LogP contribution in [0.1, 0.15) is 0 Å². The smallest absolute Gasteiger partial charge is 0.167 e. The average molecular weight is 728 g/mol. The van der Waals surface area contributed by atoms with Crippen LogP contribution in [-0.4, -0.2) is 15.0 Å². The highest BCUT2D eigenvalue weighted by Crippen LogP contribution is 2.46. The van der Waals surface area contributed by atoms with Gasteiger partial charge in [0.15, 0.2) is 17.5 Å². The molecule has 11 rings (SSSR count). The van der Waals surface area contributed by atoms with E-state index in [2.05, 4.69) is 164 Å². The molecule has 0 aliphatic carbocycles. The van der Waals surface area contributed by atoms with E-state index in [1.54, 1.807) is 0 Å². The van der Waals surface area contributed by atoms with Crippen molar-refractivity contribution in [2.45, 2.75) is 0 Å². The number of hydrogen-bond donors (Lipinski definition) is 0. The zero-order valence-electron chi connectivity index (χ0n) is 30.8. The van der Waals surface area contributed by atoms with Crippen LogP contribution in [-0.2, 0) is 0 Å². The summed E-state index contributed by atoms with van der Waals surface area (Å²) in [5.41, 5.74) is 10.7. The Hall–Kier alpha value is -7.69. The van der Waals surface area contributed by atoms with E-state index in [1.165, 1.54) is 16.2 Å². The van der Waals surface area contributed by atoms with Gasteiger partial charge < -0.3 is 4.42 Å². The maximum absolute atomic E-state index is 7.17. The van der Waals surface area contributed by atoms with Crippen LogP contribution < -0.4 is 0 Å². The van der Waals surface area contributed by atoms with Crippen molar-refractivity contribution in [3.63, 3.8) is 0 Å². The summed E-state index contributed by atoms with van der Waals surface area (Å²) in [4.78, 5) is 15.5. The van der Waals surface area contributed by atoms with E-state index in [1.807, 2.05) is 36.4 Å². The van der Waals surface area contributed by atoms with E-state index < -0.39 is 0 Å². The molecule has 0 bridgehead atoms. The van der Waals surface area contributed by atoms with Gasteiger partial charge in [-0.15, -0.1) is 0 Å². The summed E-state index contributed by atoms with van der Waals surface area (Å²) in [5.74, 6) is 1.74. The molecular weight excluding hydrogens is 695 g/mol. The van der Waals surface area contributed by atoms with Crippen molar-refractivity contribution in [2.24, 2.45) is 0 Å². The van der Waals surface area contributed by atoms with E-state index in [-0.39, 0.29) is 0 Å². The van der Waals surface area contributed by atoms with Crippen LogP contribution in [0.4, 0.5) is 0 Å². The van der Waals surface area contributed by atoms with E-state index in [9.17, 15) is 0 Å². The third-order valence-corrected chi connectivity index (χ3v) is 10.9. The van der Waals surface area contributed by atoms with Gasteiger partial charge in [0, 0.05) is 27.5 Å². The second-order valence-corrected chi connectivity index (χ2v) is 14.4. The fraction of sp³-hybridized carbons (Fsp3) is 0. The Kier molecular flexibility index (Phi) is 7.78. The monoisotopic (exact) mass is 727 g/mol. The number of fused-ring (bicyclic) bond motifs is 6. The predicted molar refractivity (Wildman–Crippen MR) is 235 cm³/mol. The summed E-state index contributed by atoms with van der Waals surface area (Å²) >= 11 is 0. The second kappa shape index (κ2) is 13.6.